The summed E-state index contributed by atoms with van der Waals surface area (Å²) in [5.74, 6) is -3.65. The summed E-state index contributed by atoms with van der Waals surface area (Å²) in [5.41, 5.74) is 0.939. The van der Waals surface area contributed by atoms with E-state index >= 15 is 0 Å². The van der Waals surface area contributed by atoms with Crippen LogP contribution in [0.25, 0.3) is 0 Å². The van der Waals surface area contributed by atoms with Crippen LogP contribution in [0.1, 0.15) is 18.6 Å². The molecule has 0 aliphatic carbocycles. The van der Waals surface area contributed by atoms with E-state index in [1.807, 2.05) is 37.3 Å². The maximum atomic E-state index is 9.83. The predicted octanol–water partition coefficient (Wildman–Crippen LogP) is 0.500. The van der Waals surface area contributed by atoms with Crippen LogP contribution in [-0.2, 0) is 14.3 Å². The molecule has 1 rings (SSSR count). The minimum atomic E-state index is -1.82. The number of rotatable bonds is 6. The Morgan fingerprint density at radius 3 is 2.14 bits per heavy atom. The summed E-state index contributed by atoms with van der Waals surface area (Å²) in [4.78, 5) is 18.2. The van der Waals surface area contributed by atoms with Crippen molar-refractivity contribution in [3.8, 4) is 0 Å². The third kappa shape index (κ3) is 9.55. The van der Waals surface area contributed by atoms with Crippen LogP contribution < -0.4 is 5.32 Å². The molecule has 0 aromatic heterocycles. The van der Waals surface area contributed by atoms with Gasteiger partial charge in [-0.2, -0.15) is 0 Å². The molecule has 2 unspecified atom stereocenters. The third-order valence-corrected chi connectivity index (χ3v) is 2.44. The standard InChI is InChI=1S/C12H19NO2.C2H2O4/c1-10(9-15-2)13-8-12(14)11-6-4-3-5-7-11;3-1(4)2(5)6/h3-7,10,12-14H,8-9H2,1-2H3;(H,3,4)(H,5,6). The smallest absolute Gasteiger partial charge is 0.414 e. The number of aliphatic hydroxyl groups is 1. The second kappa shape index (κ2) is 10.8. The second-order valence-electron chi connectivity index (χ2n) is 4.30. The number of carboxylic acids is 2. The molecule has 2 atom stereocenters. The molecule has 0 amide bonds. The molecule has 4 N–H and O–H groups in total. The number of hydrogen-bond acceptors (Lipinski definition) is 5. The molecule has 1 aromatic carbocycles. The first-order chi connectivity index (χ1) is 9.88. The first kappa shape index (κ1) is 19.0. The number of aliphatic carboxylic acids is 2. The summed E-state index contributed by atoms with van der Waals surface area (Å²) in [7, 11) is 1.67. The molecule has 0 saturated carbocycles. The lowest BCUT2D eigenvalue weighted by Gasteiger charge is -2.16. The molecule has 0 fully saturated rings. The van der Waals surface area contributed by atoms with Crippen LogP contribution in [0.4, 0.5) is 0 Å². The highest BCUT2D eigenvalue weighted by Gasteiger charge is 2.08. The van der Waals surface area contributed by atoms with Gasteiger partial charge in [0, 0.05) is 19.7 Å². The van der Waals surface area contributed by atoms with E-state index in [1.165, 1.54) is 0 Å². The van der Waals surface area contributed by atoms with E-state index in [1.54, 1.807) is 7.11 Å². The van der Waals surface area contributed by atoms with Crippen LogP contribution >= 0.6 is 0 Å². The van der Waals surface area contributed by atoms with Crippen LogP contribution in [0.15, 0.2) is 30.3 Å². The highest BCUT2D eigenvalue weighted by Crippen LogP contribution is 2.10. The predicted molar refractivity (Wildman–Crippen MR) is 76.0 cm³/mol. The molecule has 0 spiro atoms. The minimum Gasteiger partial charge on any atom is -0.473 e. The summed E-state index contributed by atoms with van der Waals surface area (Å²) in [5, 5.41) is 27.8. The lowest BCUT2D eigenvalue weighted by Crippen LogP contribution is -2.33. The molecule has 0 aliphatic heterocycles. The number of aliphatic hydroxyl groups excluding tert-OH is 1. The molecule has 0 aliphatic rings. The number of carboxylic acid groups (broad SMARTS) is 2. The molecule has 0 heterocycles. The van der Waals surface area contributed by atoms with Gasteiger partial charge in [-0.3, -0.25) is 0 Å². The van der Waals surface area contributed by atoms with E-state index in [0.29, 0.717) is 13.2 Å². The topological polar surface area (TPSA) is 116 Å². The van der Waals surface area contributed by atoms with Crippen LogP contribution in [0.2, 0.25) is 0 Å². The first-order valence-electron chi connectivity index (χ1n) is 6.30. The van der Waals surface area contributed by atoms with Crippen molar-refractivity contribution in [1.82, 2.24) is 5.32 Å². The summed E-state index contributed by atoms with van der Waals surface area (Å²) >= 11 is 0. The number of carbonyl (C=O) groups is 2. The van der Waals surface area contributed by atoms with Crippen molar-refractivity contribution in [2.45, 2.75) is 19.1 Å². The van der Waals surface area contributed by atoms with Crippen molar-refractivity contribution in [2.75, 3.05) is 20.3 Å². The van der Waals surface area contributed by atoms with Gasteiger partial charge in [-0.05, 0) is 12.5 Å². The summed E-state index contributed by atoms with van der Waals surface area (Å²) < 4.78 is 5.00. The number of hydrogen-bond donors (Lipinski definition) is 4. The van der Waals surface area contributed by atoms with Gasteiger partial charge in [0.05, 0.1) is 12.7 Å². The summed E-state index contributed by atoms with van der Waals surface area (Å²) in [6, 6.07) is 9.90. The molecule has 118 valence electrons. The Morgan fingerprint density at radius 1 is 1.19 bits per heavy atom. The second-order valence-corrected chi connectivity index (χ2v) is 4.30. The van der Waals surface area contributed by atoms with Crippen LogP contribution in [0.5, 0.6) is 0 Å². The van der Waals surface area contributed by atoms with Gasteiger partial charge in [0.2, 0.25) is 0 Å². The molecule has 0 bridgehead atoms. The summed E-state index contributed by atoms with van der Waals surface area (Å²) in [6.07, 6.45) is -0.453. The van der Waals surface area contributed by atoms with Gasteiger partial charge in [-0.1, -0.05) is 30.3 Å². The maximum Gasteiger partial charge on any atom is 0.414 e. The van der Waals surface area contributed by atoms with E-state index in [2.05, 4.69) is 5.32 Å². The molecule has 21 heavy (non-hydrogen) atoms. The van der Waals surface area contributed by atoms with Gasteiger partial charge in [-0.15, -0.1) is 0 Å². The highest BCUT2D eigenvalue weighted by atomic mass is 16.5. The fourth-order valence-electron chi connectivity index (χ4n) is 1.41. The van der Waals surface area contributed by atoms with Gasteiger partial charge in [0.25, 0.3) is 0 Å². The largest absolute Gasteiger partial charge is 0.473 e. The van der Waals surface area contributed by atoms with E-state index < -0.39 is 18.0 Å². The molecule has 0 saturated heterocycles. The number of benzene rings is 1. The molecule has 7 heteroatoms. The Bertz CT molecular complexity index is 411. The SMILES string of the molecule is COCC(C)NCC(O)c1ccccc1.O=C(O)C(=O)O. The van der Waals surface area contributed by atoms with Crippen LogP contribution in [0.3, 0.4) is 0 Å². The Kier molecular flexibility index (Phi) is 9.78. The molecular weight excluding hydrogens is 278 g/mol. The van der Waals surface area contributed by atoms with Crippen molar-refractivity contribution < 1.29 is 29.6 Å². The van der Waals surface area contributed by atoms with Crippen molar-refractivity contribution in [2.24, 2.45) is 0 Å². The van der Waals surface area contributed by atoms with E-state index in [9.17, 15) is 5.11 Å². The van der Waals surface area contributed by atoms with Gasteiger partial charge < -0.3 is 25.4 Å². The highest BCUT2D eigenvalue weighted by molar-refractivity contribution is 6.27. The van der Waals surface area contributed by atoms with Crippen molar-refractivity contribution >= 4 is 11.9 Å². The zero-order valence-corrected chi connectivity index (χ0v) is 12.0. The van der Waals surface area contributed by atoms with Crippen molar-refractivity contribution in [1.29, 1.82) is 0 Å². The normalized spacial score (nSPS) is 12.7. The van der Waals surface area contributed by atoms with Gasteiger partial charge in [0.15, 0.2) is 0 Å². The van der Waals surface area contributed by atoms with Crippen molar-refractivity contribution in [3.05, 3.63) is 35.9 Å². The average molecular weight is 299 g/mol. The van der Waals surface area contributed by atoms with Gasteiger partial charge >= 0.3 is 11.9 Å². The lowest BCUT2D eigenvalue weighted by molar-refractivity contribution is -0.159. The zero-order valence-electron chi connectivity index (χ0n) is 12.0. The molecule has 7 nitrogen and oxygen atoms in total. The Morgan fingerprint density at radius 2 is 1.71 bits per heavy atom. The van der Waals surface area contributed by atoms with E-state index in [-0.39, 0.29) is 6.04 Å². The number of nitrogens with one attached hydrogen (secondary N) is 1. The van der Waals surface area contributed by atoms with Gasteiger partial charge in [-0.25, -0.2) is 9.59 Å². The van der Waals surface area contributed by atoms with E-state index in [0.717, 1.165) is 5.56 Å². The third-order valence-electron chi connectivity index (χ3n) is 2.44. The molecular formula is C14H21NO6. The Balaban J connectivity index is 0.000000567. The summed E-state index contributed by atoms with van der Waals surface area (Å²) in [6.45, 7) is 3.23. The first-order valence-corrected chi connectivity index (χ1v) is 6.30. The quantitative estimate of drug-likeness (QED) is 0.565. The lowest BCUT2D eigenvalue weighted by atomic mass is 10.1. The number of ether oxygens (including phenoxy) is 1. The Labute approximate surface area is 123 Å². The van der Waals surface area contributed by atoms with E-state index in [4.69, 9.17) is 24.5 Å². The monoisotopic (exact) mass is 299 g/mol. The van der Waals surface area contributed by atoms with Gasteiger partial charge in [0.1, 0.15) is 0 Å². The number of methoxy groups -OCH3 is 1. The molecule has 1 aromatic rings. The van der Waals surface area contributed by atoms with Crippen LogP contribution in [-0.4, -0.2) is 53.6 Å². The fraction of sp³-hybridized carbons (Fsp3) is 0.429. The maximum absolute atomic E-state index is 9.83. The molecule has 0 radical (unpaired) electrons. The van der Waals surface area contributed by atoms with Crippen LogP contribution in [0, 0.1) is 0 Å². The Hall–Kier alpha value is -1.96. The zero-order chi connectivity index (χ0) is 16.3. The minimum absolute atomic E-state index is 0.258. The fourth-order valence-corrected chi connectivity index (χ4v) is 1.41. The average Bonchev–Trinajstić information content (AvgIpc) is 2.46. The van der Waals surface area contributed by atoms with Crippen molar-refractivity contribution in [3.63, 3.8) is 0 Å².